The molecule has 2 aromatic rings. The molecule has 2 aromatic heterocycles. The van der Waals surface area contributed by atoms with Crippen LogP contribution in [-0.2, 0) is 4.74 Å². The number of anilines is 1. The van der Waals surface area contributed by atoms with Gasteiger partial charge in [0.1, 0.15) is 5.52 Å². The van der Waals surface area contributed by atoms with Gasteiger partial charge in [0.25, 0.3) is 0 Å². The van der Waals surface area contributed by atoms with Crippen LogP contribution in [0.25, 0.3) is 5.52 Å². The summed E-state index contributed by atoms with van der Waals surface area (Å²) in [6.45, 7) is 4.87. The number of aromatic nitrogens is 4. The first kappa shape index (κ1) is 16.2. The minimum atomic E-state index is -0.592. The highest BCUT2D eigenvalue weighted by molar-refractivity contribution is 6.32. The molecule has 0 aliphatic carbocycles. The molecule has 0 amide bonds. The quantitative estimate of drug-likeness (QED) is 0.851. The van der Waals surface area contributed by atoms with E-state index in [0.29, 0.717) is 42.3 Å². The van der Waals surface area contributed by atoms with E-state index < -0.39 is 6.10 Å². The molecule has 0 bridgehead atoms. The molecule has 0 radical (unpaired) electrons. The third-order valence-corrected chi connectivity index (χ3v) is 4.12. The van der Waals surface area contributed by atoms with Gasteiger partial charge in [-0.2, -0.15) is 9.50 Å². The van der Waals surface area contributed by atoms with E-state index in [0.717, 1.165) is 6.42 Å². The zero-order valence-electron chi connectivity index (χ0n) is 13.1. The number of hydrogen-bond acceptors (Lipinski definition) is 7. The Morgan fingerprint density at radius 3 is 3.17 bits per heavy atom. The van der Waals surface area contributed by atoms with Crippen LogP contribution < -0.4 is 10.1 Å². The molecular weight excluding hydrogens is 322 g/mol. The lowest BCUT2D eigenvalue weighted by molar-refractivity contribution is -0.0136. The Hall–Kier alpha value is -1.64. The van der Waals surface area contributed by atoms with Crippen LogP contribution in [0.1, 0.15) is 26.7 Å². The van der Waals surface area contributed by atoms with E-state index >= 15 is 0 Å². The van der Waals surface area contributed by atoms with E-state index in [9.17, 15) is 5.11 Å². The van der Waals surface area contributed by atoms with Crippen LogP contribution in [0.5, 0.6) is 6.01 Å². The number of rotatable bonds is 5. The van der Waals surface area contributed by atoms with Gasteiger partial charge in [-0.1, -0.05) is 18.5 Å². The maximum absolute atomic E-state index is 9.95. The number of fused-ring (bicyclic) bond motifs is 1. The van der Waals surface area contributed by atoms with Gasteiger partial charge in [0.05, 0.1) is 31.1 Å². The molecule has 3 rings (SSSR count). The number of nitrogens with zero attached hydrogens (tertiary/aromatic N) is 4. The Morgan fingerprint density at radius 1 is 1.61 bits per heavy atom. The fraction of sp³-hybridized carbons (Fsp3) is 0.643. The third kappa shape index (κ3) is 3.49. The molecule has 126 valence electrons. The fourth-order valence-corrected chi connectivity index (χ4v) is 2.49. The number of ether oxygens (including phenoxy) is 2. The van der Waals surface area contributed by atoms with Crippen molar-refractivity contribution in [1.82, 2.24) is 19.6 Å². The van der Waals surface area contributed by atoms with Crippen LogP contribution in [0.2, 0.25) is 5.15 Å². The van der Waals surface area contributed by atoms with Crippen LogP contribution >= 0.6 is 11.6 Å². The molecule has 1 aliphatic heterocycles. The second-order valence-electron chi connectivity index (χ2n) is 5.58. The van der Waals surface area contributed by atoms with E-state index in [1.54, 1.807) is 6.20 Å². The molecule has 0 saturated carbocycles. The van der Waals surface area contributed by atoms with Gasteiger partial charge in [0.15, 0.2) is 5.15 Å². The van der Waals surface area contributed by atoms with Gasteiger partial charge >= 0.3 is 6.01 Å². The van der Waals surface area contributed by atoms with E-state index in [1.807, 2.05) is 13.8 Å². The maximum Gasteiger partial charge on any atom is 0.320 e. The first-order valence-electron chi connectivity index (χ1n) is 7.68. The van der Waals surface area contributed by atoms with Gasteiger partial charge in [0.2, 0.25) is 5.95 Å². The van der Waals surface area contributed by atoms with Crippen molar-refractivity contribution in [3.05, 3.63) is 11.3 Å². The van der Waals surface area contributed by atoms with Crippen molar-refractivity contribution in [3.8, 4) is 6.01 Å². The predicted octanol–water partition coefficient (Wildman–Crippen LogP) is 1.52. The van der Waals surface area contributed by atoms with Crippen molar-refractivity contribution < 1.29 is 14.6 Å². The molecule has 0 spiro atoms. The zero-order valence-corrected chi connectivity index (χ0v) is 13.8. The molecule has 1 fully saturated rings. The van der Waals surface area contributed by atoms with E-state index in [4.69, 9.17) is 21.1 Å². The number of aliphatic hydroxyl groups excluding tert-OH is 1. The molecule has 1 saturated heterocycles. The van der Waals surface area contributed by atoms with Gasteiger partial charge in [0, 0.05) is 6.61 Å². The number of nitrogens with one attached hydrogen (secondary N) is 1. The number of hydrogen-bond donors (Lipinski definition) is 2. The lowest BCUT2D eigenvalue weighted by Gasteiger charge is -2.28. The summed E-state index contributed by atoms with van der Waals surface area (Å²) in [4.78, 5) is 8.42. The minimum absolute atomic E-state index is 0.000330. The smallest absolute Gasteiger partial charge is 0.320 e. The lowest BCUT2D eigenvalue weighted by atomic mass is 10.1. The number of aliphatic hydroxyl groups is 1. The first-order valence-corrected chi connectivity index (χ1v) is 8.06. The summed E-state index contributed by atoms with van der Waals surface area (Å²) in [5.74, 6) is 0.381. The van der Waals surface area contributed by atoms with Gasteiger partial charge in [-0.15, -0.1) is 5.10 Å². The first-order chi connectivity index (χ1) is 11.1. The highest BCUT2D eigenvalue weighted by Gasteiger charge is 2.25. The number of halogens is 1. The van der Waals surface area contributed by atoms with Crippen LogP contribution in [0.4, 0.5) is 5.95 Å². The molecule has 3 unspecified atom stereocenters. The maximum atomic E-state index is 9.95. The summed E-state index contributed by atoms with van der Waals surface area (Å²) < 4.78 is 12.5. The van der Waals surface area contributed by atoms with Crippen molar-refractivity contribution in [3.63, 3.8) is 0 Å². The third-order valence-electron chi connectivity index (χ3n) is 3.84. The van der Waals surface area contributed by atoms with Crippen molar-refractivity contribution in [2.45, 2.75) is 44.9 Å². The molecule has 8 nitrogen and oxygen atoms in total. The Kier molecular flexibility index (Phi) is 4.84. The van der Waals surface area contributed by atoms with Gasteiger partial charge in [-0.05, 0) is 19.8 Å². The monoisotopic (exact) mass is 341 g/mol. The summed E-state index contributed by atoms with van der Waals surface area (Å²) in [5.41, 5.74) is 0.572. The second kappa shape index (κ2) is 6.86. The lowest BCUT2D eigenvalue weighted by Crippen LogP contribution is -2.42. The van der Waals surface area contributed by atoms with Gasteiger partial charge < -0.3 is 19.9 Å². The predicted molar refractivity (Wildman–Crippen MR) is 85.0 cm³/mol. The summed E-state index contributed by atoms with van der Waals surface area (Å²) in [5, 5.41) is 17.7. The average Bonchev–Trinajstić information content (AvgIpc) is 2.85. The molecule has 3 heterocycles. The largest absolute Gasteiger partial charge is 0.460 e. The highest BCUT2D eigenvalue weighted by atomic mass is 35.5. The summed E-state index contributed by atoms with van der Waals surface area (Å²) in [6, 6.07) is 0.177. The van der Waals surface area contributed by atoms with Crippen molar-refractivity contribution >= 4 is 23.1 Å². The van der Waals surface area contributed by atoms with Crippen molar-refractivity contribution in [2.75, 3.05) is 18.5 Å². The molecule has 2 N–H and O–H groups in total. The standard InChI is InChI=1S/C14H20ClN5O3/c1-3-8(2)23-14-18-12(15)10-6-16-13(19-20(10)14)17-9-4-5-22-7-11(9)21/h6,8-9,11,21H,3-5,7H2,1-2H3,(H,17,19). The molecule has 3 atom stereocenters. The number of imidazole rings is 1. The van der Waals surface area contributed by atoms with Crippen LogP contribution in [0.3, 0.4) is 0 Å². The molecule has 9 heteroatoms. The van der Waals surface area contributed by atoms with Crippen LogP contribution in [-0.4, -0.2) is 56.2 Å². The molecule has 0 aromatic carbocycles. The molecular formula is C14H20ClN5O3. The molecule has 1 aliphatic rings. The zero-order chi connectivity index (χ0) is 16.4. The fourth-order valence-electron chi connectivity index (χ4n) is 2.29. The summed E-state index contributed by atoms with van der Waals surface area (Å²) >= 11 is 6.10. The van der Waals surface area contributed by atoms with Crippen LogP contribution in [0.15, 0.2) is 6.20 Å². The van der Waals surface area contributed by atoms with Gasteiger partial charge in [-0.25, -0.2) is 4.98 Å². The summed E-state index contributed by atoms with van der Waals surface area (Å²) in [6.07, 6.45) is 2.52. The van der Waals surface area contributed by atoms with Gasteiger partial charge in [-0.3, -0.25) is 0 Å². The normalized spacial score (nSPS) is 23.0. The Balaban J connectivity index is 1.86. The highest BCUT2D eigenvalue weighted by Crippen LogP contribution is 2.23. The van der Waals surface area contributed by atoms with Crippen molar-refractivity contribution in [1.29, 1.82) is 0 Å². The Bertz CT molecular complexity index is 680. The van der Waals surface area contributed by atoms with E-state index in [1.165, 1.54) is 4.52 Å². The Labute approximate surface area is 138 Å². The second-order valence-corrected chi connectivity index (χ2v) is 5.94. The SMILES string of the molecule is CCC(C)Oc1nc(Cl)c2cnc(NC3CCOCC3O)nn12. The average molecular weight is 342 g/mol. The van der Waals surface area contributed by atoms with E-state index in [2.05, 4.69) is 20.4 Å². The minimum Gasteiger partial charge on any atom is -0.460 e. The summed E-state index contributed by atoms with van der Waals surface area (Å²) in [7, 11) is 0. The molecule has 23 heavy (non-hydrogen) atoms. The Morgan fingerprint density at radius 2 is 2.43 bits per heavy atom. The van der Waals surface area contributed by atoms with E-state index in [-0.39, 0.29) is 12.1 Å². The van der Waals surface area contributed by atoms with Crippen molar-refractivity contribution in [2.24, 2.45) is 0 Å². The van der Waals surface area contributed by atoms with Crippen LogP contribution in [0, 0.1) is 0 Å². The topological polar surface area (TPSA) is 93.8 Å².